The van der Waals surface area contributed by atoms with Crippen LogP contribution in [0.1, 0.15) is 10.4 Å². The normalized spacial score (nSPS) is 10.1. The third-order valence-corrected chi connectivity index (χ3v) is 2.44. The molecule has 0 saturated carbocycles. The molecule has 1 aromatic heterocycles. The first-order chi connectivity index (χ1) is 9.69. The van der Waals surface area contributed by atoms with E-state index in [2.05, 4.69) is 10.3 Å². The number of nitrogens with one attached hydrogen (secondary N) is 1. The Morgan fingerprint density at radius 1 is 1.30 bits per heavy atom. The van der Waals surface area contributed by atoms with Crippen LogP contribution in [0.25, 0.3) is 0 Å². The smallest absolute Gasteiger partial charge is 0.257 e. The van der Waals surface area contributed by atoms with E-state index in [1.165, 1.54) is 6.20 Å². The topological polar surface area (TPSA) is 71.5 Å². The average Bonchev–Trinajstić information content (AvgIpc) is 2.46. The molecule has 104 valence electrons. The number of benzene rings is 1. The molecule has 2 rings (SSSR count). The molecule has 0 aliphatic carbocycles. The Morgan fingerprint density at radius 2 is 2.05 bits per heavy atom. The lowest BCUT2D eigenvalue weighted by Crippen LogP contribution is -2.12. The van der Waals surface area contributed by atoms with Gasteiger partial charge in [0.1, 0.15) is 18.2 Å². The highest BCUT2D eigenvalue weighted by atomic mass is 19.1. The number of rotatable bonds is 5. The van der Waals surface area contributed by atoms with E-state index in [0.29, 0.717) is 11.4 Å². The van der Waals surface area contributed by atoms with Gasteiger partial charge in [-0.15, -0.1) is 0 Å². The van der Waals surface area contributed by atoms with Crippen molar-refractivity contribution in [1.82, 2.24) is 4.98 Å². The van der Waals surface area contributed by atoms with Crippen molar-refractivity contribution < 1.29 is 19.0 Å². The number of ether oxygens (including phenoxy) is 1. The minimum Gasteiger partial charge on any atom is -0.491 e. The van der Waals surface area contributed by atoms with E-state index >= 15 is 0 Å². The van der Waals surface area contributed by atoms with Crippen LogP contribution >= 0.6 is 0 Å². The van der Waals surface area contributed by atoms with Gasteiger partial charge in [0.2, 0.25) is 0 Å². The summed E-state index contributed by atoms with van der Waals surface area (Å²) in [6.07, 6.45) is 2.32. The maximum atomic E-state index is 13.0. The van der Waals surface area contributed by atoms with Crippen LogP contribution in [-0.2, 0) is 0 Å². The fourth-order valence-electron chi connectivity index (χ4n) is 1.54. The fourth-order valence-corrected chi connectivity index (χ4v) is 1.54. The predicted octanol–water partition coefficient (Wildman–Crippen LogP) is 1.84. The number of anilines is 1. The Hall–Kier alpha value is -2.47. The van der Waals surface area contributed by atoms with Gasteiger partial charge in [0, 0.05) is 11.9 Å². The van der Waals surface area contributed by atoms with Crippen molar-refractivity contribution in [3.63, 3.8) is 0 Å². The van der Waals surface area contributed by atoms with Crippen LogP contribution in [0.15, 0.2) is 42.7 Å². The minimum absolute atomic E-state index is 0.0644. The summed E-state index contributed by atoms with van der Waals surface area (Å²) < 4.78 is 18.2. The zero-order chi connectivity index (χ0) is 14.4. The molecule has 0 aliphatic heterocycles. The largest absolute Gasteiger partial charge is 0.491 e. The van der Waals surface area contributed by atoms with Crippen molar-refractivity contribution in [1.29, 1.82) is 0 Å². The number of nitrogens with zero attached hydrogens (tertiary/aromatic N) is 1. The zero-order valence-corrected chi connectivity index (χ0v) is 10.5. The molecule has 20 heavy (non-hydrogen) atoms. The Bertz CT molecular complexity index is 587. The third-order valence-electron chi connectivity index (χ3n) is 2.44. The second-order valence-corrected chi connectivity index (χ2v) is 3.94. The van der Waals surface area contributed by atoms with E-state index in [0.717, 1.165) is 12.3 Å². The molecule has 0 saturated heterocycles. The van der Waals surface area contributed by atoms with Crippen LogP contribution in [0.5, 0.6) is 5.75 Å². The second-order valence-electron chi connectivity index (χ2n) is 3.94. The zero-order valence-electron chi connectivity index (χ0n) is 10.5. The van der Waals surface area contributed by atoms with Gasteiger partial charge in [-0.3, -0.25) is 9.78 Å². The standard InChI is InChI=1S/C14H13FN2O3/c15-11-7-10(8-16-9-11)14(19)17-12-1-3-13(4-2-12)20-6-5-18/h1-4,7-9,18H,5-6H2,(H,17,19). The van der Waals surface area contributed by atoms with Crippen LogP contribution in [-0.4, -0.2) is 29.2 Å². The summed E-state index contributed by atoms with van der Waals surface area (Å²) in [7, 11) is 0. The monoisotopic (exact) mass is 276 g/mol. The van der Waals surface area contributed by atoms with Crippen LogP contribution in [0.2, 0.25) is 0 Å². The molecule has 2 N–H and O–H groups in total. The molecule has 0 radical (unpaired) electrons. The Morgan fingerprint density at radius 3 is 2.70 bits per heavy atom. The number of carbonyl (C=O) groups excluding carboxylic acids is 1. The lowest BCUT2D eigenvalue weighted by atomic mass is 10.2. The first-order valence-electron chi connectivity index (χ1n) is 5.94. The highest BCUT2D eigenvalue weighted by Crippen LogP contribution is 2.16. The van der Waals surface area contributed by atoms with Gasteiger partial charge in [-0.25, -0.2) is 4.39 Å². The molecule has 0 spiro atoms. The Balaban J connectivity index is 2.01. The summed E-state index contributed by atoms with van der Waals surface area (Å²) in [6.45, 7) is 0.145. The van der Waals surface area contributed by atoms with Crippen molar-refractivity contribution in [2.45, 2.75) is 0 Å². The number of pyridine rings is 1. The SMILES string of the molecule is O=C(Nc1ccc(OCCO)cc1)c1cncc(F)c1. The van der Waals surface area contributed by atoms with Gasteiger partial charge in [-0.2, -0.15) is 0 Å². The molecule has 0 atom stereocenters. The summed E-state index contributed by atoms with van der Waals surface area (Å²) >= 11 is 0. The van der Waals surface area contributed by atoms with Crippen molar-refractivity contribution in [2.24, 2.45) is 0 Å². The van der Waals surface area contributed by atoms with Gasteiger partial charge in [0.15, 0.2) is 0 Å². The summed E-state index contributed by atoms with van der Waals surface area (Å²) in [5.41, 5.74) is 0.696. The summed E-state index contributed by atoms with van der Waals surface area (Å²) in [5, 5.41) is 11.2. The fraction of sp³-hybridized carbons (Fsp3) is 0.143. The lowest BCUT2D eigenvalue weighted by molar-refractivity contribution is 0.102. The lowest BCUT2D eigenvalue weighted by Gasteiger charge is -2.07. The Labute approximate surface area is 115 Å². The number of carbonyl (C=O) groups is 1. The maximum absolute atomic E-state index is 13.0. The molecule has 1 amide bonds. The summed E-state index contributed by atoms with van der Waals surface area (Å²) in [6, 6.07) is 7.74. The molecule has 2 aromatic rings. The van der Waals surface area contributed by atoms with Gasteiger partial charge in [-0.1, -0.05) is 0 Å². The molecular weight excluding hydrogens is 263 g/mol. The van der Waals surface area contributed by atoms with E-state index in [-0.39, 0.29) is 18.8 Å². The highest BCUT2D eigenvalue weighted by molar-refractivity contribution is 6.04. The number of aliphatic hydroxyl groups excluding tert-OH is 1. The highest BCUT2D eigenvalue weighted by Gasteiger charge is 2.07. The van der Waals surface area contributed by atoms with Crippen molar-refractivity contribution in [2.75, 3.05) is 18.5 Å². The number of halogens is 1. The van der Waals surface area contributed by atoms with Gasteiger partial charge in [-0.05, 0) is 30.3 Å². The minimum atomic E-state index is -0.564. The van der Waals surface area contributed by atoms with Gasteiger partial charge in [0.05, 0.1) is 18.4 Å². The first-order valence-corrected chi connectivity index (χ1v) is 5.94. The maximum Gasteiger partial charge on any atom is 0.257 e. The van der Waals surface area contributed by atoms with Crippen LogP contribution in [0, 0.1) is 5.82 Å². The van der Waals surface area contributed by atoms with Crippen molar-refractivity contribution >= 4 is 11.6 Å². The number of hydrogen-bond donors (Lipinski definition) is 2. The molecule has 0 aliphatic rings. The van der Waals surface area contributed by atoms with Gasteiger partial charge in [0.25, 0.3) is 5.91 Å². The molecule has 6 heteroatoms. The molecule has 0 unspecified atom stereocenters. The number of hydrogen-bond acceptors (Lipinski definition) is 4. The molecular formula is C14H13FN2O3. The van der Waals surface area contributed by atoms with Gasteiger partial charge >= 0.3 is 0 Å². The second kappa shape index (κ2) is 6.63. The molecule has 1 heterocycles. The van der Waals surface area contributed by atoms with E-state index in [1.54, 1.807) is 24.3 Å². The number of aromatic nitrogens is 1. The summed E-state index contributed by atoms with van der Waals surface area (Å²) in [4.78, 5) is 15.5. The van der Waals surface area contributed by atoms with E-state index < -0.39 is 11.7 Å². The number of aliphatic hydroxyl groups is 1. The van der Waals surface area contributed by atoms with Crippen molar-refractivity contribution in [3.05, 3.63) is 54.1 Å². The van der Waals surface area contributed by atoms with E-state index in [9.17, 15) is 9.18 Å². The predicted molar refractivity (Wildman–Crippen MR) is 71.2 cm³/mol. The van der Waals surface area contributed by atoms with E-state index in [1.807, 2.05) is 0 Å². The number of amides is 1. The quantitative estimate of drug-likeness (QED) is 0.874. The van der Waals surface area contributed by atoms with Crippen LogP contribution < -0.4 is 10.1 Å². The van der Waals surface area contributed by atoms with Crippen LogP contribution in [0.4, 0.5) is 10.1 Å². The van der Waals surface area contributed by atoms with Crippen LogP contribution in [0.3, 0.4) is 0 Å². The molecule has 1 aromatic carbocycles. The summed E-state index contributed by atoms with van der Waals surface area (Å²) in [5.74, 6) is -0.420. The average molecular weight is 276 g/mol. The van der Waals surface area contributed by atoms with Crippen molar-refractivity contribution in [3.8, 4) is 5.75 Å². The molecule has 0 fully saturated rings. The Kier molecular flexibility index (Phi) is 4.62. The van der Waals surface area contributed by atoms with E-state index in [4.69, 9.17) is 9.84 Å². The molecule has 0 bridgehead atoms. The first kappa shape index (κ1) is 14.0. The third kappa shape index (κ3) is 3.76. The van der Waals surface area contributed by atoms with Gasteiger partial charge < -0.3 is 15.2 Å². The molecule has 5 nitrogen and oxygen atoms in total.